The third kappa shape index (κ3) is 3.12. The highest BCUT2D eigenvalue weighted by Gasteiger charge is 2.24. The van der Waals surface area contributed by atoms with Gasteiger partial charge in [0.05, 0.1) is 11.5 Å². The van der Waals surface area contributed by atoms with Crippen molar-refractivity contribution in [3.63, 3.8) is 0 Å². The Morgan fingerprint density at radius 1 is 1.55 bits per heavy atom. The summed E-state index contributed by atoms with van der Waals surface area (Å²) in [5.74, 6) is 0. The number of sulfonamides is 1. The topological polar surface area (TPSA) is 133 Å². The molecule has 0 fully saturated rings. The van der Waals surface area contributed by atoms with Gasteiger partial charge in [-0.25, -0.2) is 13.1 Å². The zero-order chi connectivity index (χ0) is 14.8. The van der Waals surface area contributed by atoms with Crippen molar-refractivity contribution in [1.29, 1.82) is 0 Å². The number of nitro groups is 1. The van der Waals surface area contributed by atoms with Gasteiger partial charge < -0.3 is 5.73 Å². The predicted octanol–water partition coefficient (Wildman–Crippen LogP) is 0.413. The van der Waals surface area contributed by atoms with Crippen molar-refractivity contribution in [2.24, 2.45) is 0 Å². The normalized spacial score (nSPS) is 11.6. The maximum absolute atomic E-state index is 11.9. The number of aromatic nitrogens is 2. The molecule has 20 heavy (non-hydrogen) atoms. The molecule has 2 rings (SSSR count). The van der Waals surface area contributed by atoms with Crippen LogP contribution in [0.4, 0.5) is 10.7 Å². The maximum Gasteiger partial charge on any atom is 0.304 e. The number of rotatable bonds is 6. The number of nitrogen functional groups attached to an aromatic ring is 1. The second-order valence-electron chi connectivity index (χ2n) is 3.74. The van der Waals surface area contributed by atoms with Gasteiger partial charge in [0.25, 0.3) is 0 Å². The minimum Gasteiger partial charge on any atom is -0.385 e. The lowest BCUT2D eigenvalue weighted by Crippen LogP contribution is -2.26. The summed E-state index contributed by atoms with van der Waals surface area (Å²) in [6.45, 7) is 0.477. The molecule has 0 aromatic carbocycles. The molecule has 2 aromatic heterocycles. The van der Waals surface area contributed by atoms with E-state index in [2.05, 4.69) is 9.82 Å². The second kappa shape index (κ2) is 5.56. The Morgan fingerprint density at radius 2 is 2.30 bits per heavy atom. The van der Waals surface area contributed by atoms with Gasteiger partial charge in [-0.05, 0) is 6.07 Å². The molecule has 0 aliphatic rings. The molecule has 0 saturated heterocycles. The highest BCUT2D eigenvalue weighted by atomic mass is 32.2. The lowest BCUT2D eigenvalue weighted by Gasteiger charge is -2.04. The summed E-state index contributed by atoms with van der Waals surface area (Å²) >= 11 is 0.661. The Kier molecular flexibility index (Phi) is 4.01. The Morgan fingerprint density at radius 3 is 2.85 bits per heavy atom. The van der Waals surface area contributed by atoms with Crippen LogP contribution in [-0.4, -0.2) is 29.7 Å². The molecule has 0 unspecified atom stereocenters. The smallest absolute Gasteiger partial charge is 0.304 e. The van der Waals surface area contributed by atoms with Crippen molar-refractivity contribution in [3.05, 3.63) is 34.6 Å². The molecule has 0 amide bonds. The Labute approximate surface area is 118 Å². The molecule has 2 aromatic rings. The van der Waals surface area contributed by atoms with E-state index in [1.54, 1.807) is 23.1 Å². The number of hydrogen-bond donors (Lipinski definition) is 2. The van der Waals surface area contributed by atoms with Crippen LogP contribution in [-0.2, 0) is 16.6 Å². The fourth-order valence-corrected chi connectivity index (χ4v) is 3.73. The summed E-state index contributed by atoms with van der Waals surface area (Å²) in [5, 5.41) is 14.4. The summed E-state index contributed by atoms with van der Waals surface area (Å²) in [7, 11) is -3.81. The zero-order valence-electron chi connectivity index (χ0n) is 10.1. The largest absolute Gasteiger partial charge is 0.385 e. The fraction of sp³-hybridized carbons (Fsp3) is 0.222. The number of nitrogens with two attached hydrogens (primary N) is 1. The van der Waals surface area contributed by atoms with E-state index in [1.165, 1.54) is 0 Å². The Hall–Kier alpha value is -1.98. The number of hydrogen-bond acceptors (Lipinski definition) is 7. The average Bonchev–Trinajstić information content (AvgIpc) is 2.98. The van der Waals surface area contributed by atoms with Crippen LogP contribution in [0.25, 0.3) is 0 Å². The Balaban J connectivity index is 2.06. The summed E-state index contributed by atoms with van der Waals surface area (Å²) in [6.07, 6.45) is 3.28. The van der Waals surface area contributed by atoms with Crippen molar-refractivity contribution >= 4 is 32.0 Å². The van der Waals surface area contributed by atoms with Gasteiger partial charge in [0.1, 0.15) is 4.21 Å². The van der Waals surface area contributed by atoms with E-state index in [0.29, 0.717) is 17.9 Å². The van der Waals surface area contributed by atoms with Gasteiger partial charge in [0.15, 0.2) is 5.00 Å². The minimum absolute atomic E-state index is 0.121. The van der Waals surface area contributed by atoms with Gasteiger partial charge >= 0.3 is 5.69 Å². The van der Waals surface area contributed by atoms with E-state index in [4.69, 9.17) is 5.73 Å². The molecule has 0 saturated carbocycles. The summed E-state index contributed by atoms with van der Waals surface area (Å²) in [4.78, 5) is 9.92. The molecule has 0 aliphatic carbocycles. The Bertz CT molecular complexity index is 707. The van der Waals surface area contributed by atoms with Crippen LogP contribution in [0.1, 0.15) is 0 Å². The van der Waals surface area contributed by atoms with Crippen molar-refractivity contribution in [2.75, 3.05) is 12.3 Å². The van der Waals surface area contributed by atoms with E-state index in [1.807, 2.05) is 0 Å². The monoisotopic (exact) mass is 317 g/mol. The highest BCUT2D eigenvalue weighted by molar-refractivity contribution is 7.91. The third-order valence-electron chi connectivity index (χ3n) is 2.37. The van der Waals surface area contributed by atoms with Crippen LogP contribution in [0.5, 0.6) is 0 Å². The maximum atomic E-state index is 11.9. The van der Waals surface area contributed by atoms with Crippen LogP contribution in [0.2, 0.25) is 0 Å². The molecular weight excluding hydrogens is 306 g/mol. The number of thiophene rings is 1. The number of nitrogens with one attached hydrogen (secondary N) is 1. The minimum atomic E-state index is -3.81. The van der Waals surface area contributed by atoms with Crippen LogP contribution < -0.4 is 10.5 Å². The van der Waals surface area contributed by atoms with Gasteiger partial charge in [-0.15, -0.1) is 0 Å². The van der Waals surface area contributed by atoms with Crippen molar-refractivity contribution in [1.82, 2.24) is 14.5 Å². The van der Waals surface area contributed by atoms with Crippen LogP contribution in [0.15, 0.2) is 28.7 Å². The number of nitrogens with zero attached hydrogens (tertiary/aromatic N) is 3. The van der Waals surface area contributed by atoms with Crippen LogP contribution in [0.3, 0.4) is 0 Å². The van der Waals surface area contributed by atoms with Gasteiger partial charge in [-0.2, -0.15) is 5.10 Å². The highest BCUT2D eigenvalue weighted by Crippen LogP contribution is 2.34. The molecule has 11 heteroatoms. The molecule has 2 heterocycles. The van der Waals surface area contributed by atoms with E-state index < -0.39 is 20.6 Å². The molecule has 9 nitrogen and oxygen atoms in total. The average molecular weight is 317 g/mol. The van der Waals surface area contributed by atoms with Crippen molar-refractivity contribution in [3.8, 4) is 0 Å². The molecular formula is C9H11N5O4S2. The van der Waals surface area contributed by atoms with Gasteiger partial charge in [-0.1, -0.05) is 11.3 Å². The second-order valence-corrected chi connectivity index (χ2v) is 6.82. The molecule has 0 atom stereocenters. The summed E-state index contributed by atoms with van der Waals surface area (Å²) < 4.78 is 27.6. The summed E-state index contributed by atoms with van der Waals surface area (Å²) in [5.41, 5.74) is 5.01. The predicted molar refractivity (Wildman–Crippen MR) is 72.8 cm³/mol. The molecule has 0 spiro atoms. The van der Waals surface area contributed by atoms with E-state index in [9.17, 15) is 18.5 Å². The first-order valence-corrected chi connectivity index (χ1v) is 7.71. The van der Waals surface area contributed by atoms with Crippen molar-refractivity contribution < 1.29 is 13.3 Å². The first kappa shape index (κ1) is 14.4. The fourth-order valence-electron chi connectivity index (χ4n) is 1.45. The molecule has 0 bridgehead atoms. The first-order valence-electron chi connectivity index (χ1n) is 5.41. The van der Waals surface area contributed by atoms with Crippen LogP contribution in [0, 0.1) is 10.1 Å². The van der Waals surface area contributed by atoms with E-state index in [0.717, 1.165) is 6.07 Å². The molecule has 108 valence electrons. The molecule has 3 N–H and O–H groups in total. The van der Waals surface area contributed by atoms with Gasteiger partial charge in [0, 0.05) is 25.0 Å². The summed E-state index contributed by atoms with van der Waals surface area (Å²) in [6, 6.07) is 2.67. The SMILES string of the molecule is Nc1sc(S(=O)(=O)NCCn2cccn2)cc1[N+](=O)[O-]. The van der Waals surface area contributed by atoms with E-state index in [-0.39, 0.29) is 15.8 Å². The lowest BCUT2D eigenvalue weighted by molar-refractivity contribution is -0.383. The van der Waals surface area contributed by atoms with Gasteiger partial charge in [-0.3, -0.25) is 14.8 Å². The zero-order valence-corrected chi connectivity index (χ0v) is 11.7. The standard InChI is InChI=1S/C9H11N5O4S2/c10-9-7(14(15)16)6-8(19-9)20(17,18)12-3-5-13-4-1-2-11-13/h1-2,4,6,12H,3,5,10H2. The first-order chi connectivity index (χ1) is 9.40. The third-order valence-corrected chi connectivity index (χ3v) is 5.26. The van der Waals surface area contributed by atoms with Crippen molar-refractivity contribution in [2.45, 2.75) is 10.8 Å². The van der Waals surface area contributed by atoms with Crippen LogP contribution >= 0.6 is 11.3 Å². The quantitative estimate of drug-likeness (QED) is 0.585. The van der Waals surface area contributed by atoms with E-state index >= 15 is 0 Å². The molecule has 0 radical (unpaired) electrons. The lowest BCUT2D eigenvalue weighted by atomic mass is 10.5. The van der Waals surface area contributed by atoms with Gasteiger partial charge in [0.2, 0.25) is 10.0 Å². The molecule has 0 aliphatic heterocycles. The number of anilines is 1.